The molecule has 3 heteroatoms. The van der Waals surface area contributed by atoms with E-state index < -0.39 is 6.10 Å². The van der Waals surface area contributed by atoms with E-state index in [1.54, 1.807) is 0 Å². The van der Waals surface area contributed by atoms with Crippen molar-refractivity contribution in [3.8, 4) is 0 Å². The first-order chi connectivity index (χ1) is 29.7. The van der Waals surface area contributed by atoms with Gasteiger partial charge in [-0.25, -0.2) is 0 Å². The number of allylic oxidation sites excluding steroid dienone is 4. The largest absolute Gasteiger partial charge is 0.394 e. The van der Waals surface area contributed by atoms with Crippen LogP contribution in [0.5, 0.6) is 0 Å². The van der Waals surface area contributed by atoms with E-state index >= 15 is 0 Å². The van der Waals surface area contributed by atoms with Gasteiger partial charge in [0, 0.05) is 6.61 Å². The summed E-state index contributed by atoms with van der Waals surface area (Å²) in [4.78, 5) is 0. The molecule has 0 saturated carbocycles. The second kappa shape index (κ2) is 54.5. The third-order valence-corrected chi connectivity index (χ3v) is 13.2. The topological polar surface area (TPSA) is 49.7 Å². The maximum Gasteiger partial charge on any atom is 0.100 e. The van der Waals surface area contributed by atoms with Crippen LogP contribution in [0.15, 0.2) is 24.3 Å². The highest BCUT2D eigenvalue weighted by Gasteiger charge is 2.09. The summed E-state index contributed by atoms with van der Waals surface area (Å²) in [6.45, 7) is 5.36. The van der Waals surface area contributed by atoms with Crippen molar-refractivity contribution in [2.45, 2.75) is 315 Å². The van der Waals surface area contributed by atoms with Crippen LogP contribution in [-0.2, 0) is 4.74 Å². The quantitative estimate of drug-likeness (QED) is 0.0474. The molecule has 0 rings (SSSR count). The first kappa shape index (κ1) is 59.4. The lowest BCUT2D eigenvalue weighted by Crippen LogP contribution is -2.19. The molecule has 358 valence electrons. The number of hydrogen-bond acceptors (Lipinski definition) is 3. The molecule has 0 aliphatic rings. The van der Waals surface area contributed by atoms with Crippen molar-refractivity contribution < 1.29 is 14.9 Å². The molecular formula is C57H112O3. The average molecular weight is 846 g/mol. The summed E-state index contributed by atoms with van der Waals surface area (Å²) < 4.78 is 5.39. The lowest BCUT2D eigenvalue weighted by atomic mass is 9.89. The Labute approximate surface area is 378 Å². The van der Waals surface area contributed by atoms with Gasteiger partial charge in [0.15, 0.2) is 0 Å². The molecule has 0 amide bonds. The Morgan fingerprint density at radius 2 is 0.583 bits per heavy atom. The fourth-order valence-corrected chi connectivity index (χ4v) is 9.00. The molecule has 0 aromatic heterocycles. The minimum Gasteiger partial charge on any atom is -0.394 e. The highest BCUT2D eigenvalue weighted by Crippen LogP contribution is 2.25. The molecule has 1 unspecified atom stereocenters. The summed E-state index contributed by atoms with van der Waals surface area (Å²) in [5, 5.41) is 18.1. The minimum atomic E-state index is -0.725. The van der Waals surface area contributed by atoms with E-state index in [9.17, 15) is 5.11 Å². The Hall–Kier alpha value is -0.640. The summed E-state index contributed by atoms with van der Waals surface area (Å²) in [6.07, 6.45) is 73.8. The highest BCUT2D eigenvalue weighted by atomic mass is 16.5. The Bertz CT molecular complexity index is 765. The summed E-state index contributed by atoms with van der Waals surface area (Å²) in [5.41, 5.74) is 0. The molecule has 3 nitrogen and oxygen atoms in total. The first-order valence-electron chi connectivity index (χ1n) is 27.9. The van der Waals surface area contributed by atoms with Crippen molar-refractivity contribution in [1.29, 1.82) is 0 Å². The standard InChI is InChI=1S/C57H112O3/c1-3-5-7-9-11-13-15-17-19-22-26-30-34-38-42-46-50-56(51-47-43-39-35-31-27-23-20-18-16-14-12-10-8-6-4-2)52-48-44-40-36-32-28-24-21-25-29-33-37-41-45-49-53-60-55-57(59)54-58/h17-20,56-59H,3-16,21-55H2,1-2H3. The van der Waals surface area contributed by atoms with Gasteiger partial charge in [0.05, 0.1) is 13.2 Å². The van der Waals surface area contributed by atoms with Gasteiger partial charge >= 0.3 is 0 Å². The van der Waals surface area contributed by atoms with Crippen molar-refractivity contribution in [2.75, 3.05) is 19.8 Å². The number of aliphatic hydroxyl groups is 2. The van der Waals surface area contributed by atoms with Gasteiger partial charge < -0.3 is 14.9 Å². The Morgan fingerprint density at radius 1 is 0.333 bits per heavy atom. The van der Waals surface area contributed by atoms with E-state index in [4.69, 9.17) is 9.84 Å². The SMILES string of the molecule is CCCCCCCCC=CCCCCCCCCC(CCCCCCCCC=CCCCCCCCC)CCCCCCCCCCCCCCCCCOCC(O)CO. The molecule has 60 heavy (non-hydrogen) atoms. The average Bonchev–Trinajstić information content (AvgIpc) is 3.26. The monoisotopic (exact) mass is 845 g/mol. The van der Waals surface area contributed by atoms with Gasteiger partial charge in [-0.2, -0.15) is 0 Å². The molecule has 0 aliphatic heterocycles. The van der Waals surface area contributed by atoms with Crippen molar-refractivity contribution in [3.05, 3.63) is 24.3 Å². The van der Waals surface area contributed by atoms with Gasteiger partial charge in [-0.3, -0.25) is 0 Å². The first-order valence-corrected chi connectivity index (χ1v) is 27.9. The molecule has 1 atom stereocenters. The van der Waals surface area contributed by atoms with Crippen LogP contribution < -0.4 is 0 Å². The highest BCUT2D eigenvalue weighted by molar-refractivity contribution is 4.82. The van der Waals surface area contributed by atoms with Gasteiger partial charge in [0.2, 0.25) is 0 Å². The molecule has 0 spiro atoms. The predicted molar refractivity (Wildman–Crippen MR) is 269 cm³/mol. The van der Waals surface area contributed by atoms with Crippen LogP contribution in [0, 0.1) is 5.92 Å². The van der Waals surface area contributed by atoms with Crippen LogP contribution in [0.4, 0.5) is 0 Å². The van der Waals surface area contributed by atoms with E-state index in [1.165, 1.54) is 289 Å². The summed E-state index contributed by atoms with van der Waals surface area (Å²) >= 11 is 0. The van der Waals surface area contributed by atoms with Gasteiger partial charge in [0.25, 0.3) is 0 Å². The molecule has 0 heterocycles. The van der Waals surface area contributed by atoms with Gasteiger partial charge in [-0.1, -0.05) is 276 Å². The fourth-order valence-electron chi connectivity index (χ4n) is 9.00. The van der Waals surface area contributed by atoms with E-state index in [2.05, 4.69) is 38.2 Å². The Kier molecular flexibility index (Phi) is 53.9. The number of hydrogen-bond donors (Lipinski definition) is 2. The van der Waals surface area contributed by atoms with Gasteiger partial charge in [-0.15, -0.1) is 0 Å². The molecule has 2 N–H and O–H groups in total. The molecule has 0 aliphatic carbocycles. The number of aliphatic hydroxyl groups excluding tert-OH is 2. The zero-order valence-corrected chi connectivity index (χ0v) is 41.4. The second-order valence-corrected chi connectivity index (χ2v) is 19.3. The maximum atomic E-state index is 9.29. The van der Waals surface area contributed by atoms with Crippen LogP contribution in [0.3, 0.4) is 0 Å². The third-order valence-electron chi connectivity index (χ3n) is 13.2. The van der Waals surface area contributed by atoms with Gasteiger partial charge in [-0.05, 0) is 63.7 Å². The van der Waals surface area contributed by atoms with Crippen LogP contribution in [0.1, 0.15) is 309 Å². The Morgan fingerprint density at radius 3 is 0.867 bits per heavy atom. The molecule has 0 aromatic rings. The molecular weight excluding hydrogens is 733 g/mol. The zero-order valence-electron chi connectivity index (χ0n) is 41.4. The zero-order chi connectivity index (χ0) is 43.3. The third kappa shape index (κ3) is 51.7. The molecule has 0 aromatic carbocycles. The Balaban J connectivity index is 4.01. The number of ether oxygens (including phenoxy) is 1. The molecule has 0 bridgehead atoms. The number of unbranched alkanes of at least 4 members (excludes halogenated alkanes) is 38. The van der Waals surface area contributed by atoms with Crippen LogP contribution in [-0.4, -0.2) is 36.1 Å². The van der Waals surface area contributed by atoms with Crippen molar-refractivity contribution in [1.82, 2.24) is 0 Å². The van der Waals surface area contributed by atoms with E-state index in [-0.39, 0.29) is 13.2 Å². The van der Waals surface area contributed by atoms with Crippen LogP contribution in [0.2, 0.25) is 0 Å². The van der Waals surface area contributed by atoms with Crippen molar-refractivity contribution in [3.63, 3.8) is 0 Å². The minimum absolute atomic E-state index is 0.211. The van der Waals surface area contributed by atoms with Crippen molar-refractivity contribution >= 4 is 0 Å². The normalized spacial score (nSPS) is 13.1. The number of rotatable bonds is 53. The van der Waals surface area contributed by atoms with E-state index in [0.717, 1.165) is 12.3 Å². The smallest absolute Gasteiger partial charge is 0.100 e. The van der Waals surface area contributed by atoms with Crippen LogP contribution in [0.25, 0.3) is 0 Å². The maximum absolute atomic E-state index is 9.29. The lowest BCUT2D eigenvalue weighted by Gasteiger charge is -2.17. The van der Waals surface area contributed by atoms with Gasteiger partial charge in [0.1, 0.15) is 6.10 Å². The molecule has 0 radical (unpaired) electrons. The lowest BCUT2D eigenvalue weighted by molar-refractivity contribution is 0.00526. The van der Waals surface area contributed by atoms with Crippen LogP contribution >= 0.6 is 0 Å². The van der Waals surface area contributed by atoms with E-state index in [0.29, 0.717) is 6.61 Å². The summed E-state index contributed by atoms with van der Waals surface area (Å²) in [7, 11) is 0. The molecule has 0 fully saturated rings. The predicted octanol–water partition coefficient (Wildman–Crippen LogP) is 19.1. The fraction of sp³-hybridized carbons (Fsp3) is 0.930. The van der Waals surface area contributed by atoms with E-state index in [1.807, 2.05) is 0 Å². The molecule has 0 saturated heterocycles. The summed E-state index contributed by atoms with van der Waals surface area (Å²) in [5.74, 6) is 0.991. The second-order valence-electron chi connectivity index (χ2n) is 19.3. The summed E-state index contributed by atoms with van der Waals surface area (Å²) in [6, 6.07) is 0. The van der Waals surface area contributed by atoms with Crippen molar-refractivity contribution in [2.24, 2.45) is 5.92 Å².